The van der Waals surface area contributed by atoms with Crippen LogP contribution in [0.25, 0.3) is 0 Å². The maximum Gasteiger partial charge on any atom is 0.323 e. The number of fused-ring (bicyclic) bond motifs is 1. The van der Waals surface area contributed by atoms with Gasteiger partial charge in [0, 0.05) is 50.1 Å². The van der Waals surface area contributed by atoms with Gasteiger partial charge in [0.25, 0.3) is 5.91 Å². The van der Waals surface area contributed by atoms with E-state index in [2.05, 4.69) is 16.0 Å². The van der Waals surface area contributed by atoms with Gasteiger partial charge in [-0.3, -0.25) is 4.79 Å². The number of hydrogen-bond acceptors (Lipinski definition) is 7. The Balaban J connectivity index is 1.90. The van der Waals surface area contributed by atoms with Gasteiger partial charge in [-0.1, -0.05) is 6.92 Å². The third kappa shape index (κ3) is 10.8. The molecule has 3 rings (SSSR count). The Kier molecular flexibility index (Phi) is 13.9. The molecule has 0 unspecified atom stereocenters. The van der Waals surface area contributed by atoms with Crippen molar-refractivity contribution >= 4 is 29.3 Å². The van der Waals surface area contributed by atoms with Crippen molar-refractivity contribution in [2.75, 3.05) is 51.1 Å². The second-order valence-corrected chi connectivity index (χ2v) is 12.3. The minimum Gasteiger partial charge on any atom is -0.497 e. The van der Waals surface area contributed by atoms with Gasteiger partial charge in [-0.2, -0.15) is 0 Å². The molecule has 0 saturated carbocycles. The van der Waals surface area contributed by atoms with Crippen LogP contribution in [0.2, 0.25) is 0 Å². The number of rotatable bonds is 8. The van der Waals surface area contributed by atoms with Crippen LogP contribution in [0.4, 0.5) is 21.0 Å². The van der Waals surface area contributed by atoms with E-state index in [1.54, 1.807) is 73.3 Å². The molecule has 0 spiro atoms. The van der Waals surface area contributed by atoms with Crippen molar-refractivity contribution in [1.82, 2.24) is 15.1 Å². The summed E-state index contributed by atoms with van der Waals surface area (Å²) in [6, 6.07) is 10.7. The summed E-state index contributed by atoms with van der Waals surface area (Å²) in [5, 5.41) is 18.7. The Bertz CT molecular complexity index is 1290. The van der Waals surface area contributed by atoms with Crippen LogP contribution in [-0.2, 0) is 4.74 Å². The molecule has 1 aliphatic rings. The third-order valence-electron chi connectivity index (χ3n) is 7.87. The fourth-order valence-electron chi connectivity index (χ4n) is 5.14. The number of carbonyl (C=O) groups excluding carboxylic acids is 3. The summed E-state index contributed by atoms with van der Waals surface area (Å²) in [6.07, 6.45) is 1.88. The topological polar surface area (TPSA) is 142 Å². The molecule has 5 amide bonds. The normalized spacial score (nSPS) is 20.1. The van der Waals surface area contributed by atoms with Crippen molar-refractivity contribution in [2.24, 2.45) is 5.92 Å². The second-order valence-electron chi connectivity index (χ2n) is 12.3. The van der Waals surface area contributed by atoms with Gasteiger partial charge >= 0.3 is 12.1 Å². The molecule has 12 heteroatoms. The van der Waals surface area contributed by atoms with E-state index in [0.717, 1.165) is 19.3 Å². The highest BCUT2D eigenvalue weighted by Gasteiger charge is 2.31. The highest BCUT2D eigenvalue weighted by Crippen LogP contribution is 2.29. The largest absolute Gasteiger partial charge is 0.497 e. The zero-order chi connectivity index (χ0) is 33.8. The molecule has 0 bridgehead atoms. The van der Waals surface area contributed by atoms with E-state index in [1.807, 2.05) is 27.7 Å². The highest BCUT2D eigenvalue weighted by molar-refractivity contribution is 6.02. The Morgan fingerprint density at radius 2 is 1.74 bits per heavy atom. The van der Waals surface area contributed by atoms with E-state index in [4.69, 9.17) is 14.2 Å². The standard InChI is InChI=1S/C34H51N5O7/c1-22(2)35-34(43)38(6)20-31-23(3)19-39(24(4)21-40)32(41)29-18-27(13-16-30(29)46-25(5)10-8-9-17-45-31)37-33(42)36-26-11-14-28(44-7)15-12-26/h11-16,18,22-25,31,40H,8-10,17,19-21H2,1-7H3,(H,35,43)(H2,36,37,42)/t23-,24+,25-,31-/m0/s1. The van der Waals surface area contributed by atoms with Gasteiger partial charge in [0.2, 0.25) is 0 Å². The van der Waals surface area contributed by atoms with Gasteiger partial charge in [-0.25, -0.2) is 9.59 Å². The number of nitrogens with one attached hydrogen (secondary N) is 3. The average Bonchev–Trinajstić information content (AvgIpc) is 3.02. The molecule has 1 heterocycles. The van der Waals surface area contributed by atoms with E-state index in [0.29, 0.717) is 36.0 Å². The zero-order valence-electron chi connectivity index (χ0n) is 28.2. The number of aliphatic hydroxyl groups excluding tert-OH is 1. The SMILES string of the molecule is COc1ccc(NC(=O)Nc2ccc3c(c2)C(=O)N([C@H](C)CO)C[C@H](C)[C@H](CN(C)C(=O)NC(C)C)OCCCC[C@H](C)O3)cc1. The monoisotopic (exact) mass is 641 g/mol. The zero-order valence-corrected chi connectivity index (χ0v) is 28.2. The van der Waals surface area contributed by atoms with E-state index in [9.17, 15) is 19.5 Å². The van der Waals surface area contributed by atoms with Gasteiger partial charge in [0.05, 0.1) is 37.5 Å². The Morgan fingerprint density at radius 1 is 1.07 bits per heavy atom. The maximum absolute atomic E-state index is 14.3. The van der Waals surface area contributed by atoms with Crippen molar-refractivity contribution in [3.63, 3.8) is 0 Å². The number of ether oxygens (including phenoxy) is 3. The van der Waals surface area contributed by atoms with Crippen LogP contribution in [0.3, 0.4) is 0 Å². The summed E-state index contributed by atoms with van der Waals surface area (Å²) < 4.78 is 17.8. The molecule has 4 atom stereocenters. The minimum atomic E-state index is -0.522. The first-order valence-corrected chi connectivity index (χ1v) is 16.0. The number of hydrogen-bond donors (Lipinski definition) is 4. The van der Waals surface area contributed by atoms with Crippen LogP contribution in [-0.4, -0.2) is 97.6 Å². The number of anilines is 2. The quantitative estimate of drug-likeness (QED) is 0.311. The Morgan fingerprint density at radius 3 is 2.39 bits per heavy atom. The number of aliphatic hydroxyl groups is 1. The second kappa shape index (κ2) is 17.6. The summed E-state index contributed by atoms with van der Waals surface area (Å²) in [5.74, 6) is 0.533. The average molecular weight is 642 g/mol. The van der Waals surface area contributed by atoms with Crippen molar-refractivity contribution < 1.29 is 33.7 Å². The molecule has 4 N–H and O–H groups in total. The summed E-state index contributed by atoms with van der Waals surface area (Å²) in [4.78, 5) is 43.0. The predicted octanol–water partition coefficient (Wildman–Crippen LogP) is 5.18. The number of carbonyl (C=O) groups is 3. The first-order chi connectivity index (χ1) is 21.9. The van der Waals surface area contributed by atoms with Gasteiger partial charge in [-0.15, -0.1) is 0 Å². The van der Waals surface area contributed by atoms with E-state index in [1.165, 1.54) is 0 Å². The number of amides is 5. The molecule has 1 aliphatic heterocycles. The van der Waals surface area contributed by atoms with Crippen molar-refractivity contribution in [3.05, 3.63) is 48.0 Å². The summed E-state index contributed by atoms with van der Waals surface area (Å²) in [5.41, 5.74) is 1.24. The fraction of sp³-hybridized carbons (Fsp3) is 0.559. The number of urea groups is 2. The van der Waals surface area contributed by atoms with Crippen LogP contribution < -0.4 is 25.4 Å². The molecular weight excluding hydrogens is 590 g/mol. The molecule has 46 heavy (non-hydrogen) atoms. The van der Waals surface area contributed by atoms with E-state index in [-0.39, 0.29) is 54.8 Å². The first kappa shape index (κ1) is 36.4. The van der Waals surface area contributed by atoms with Crippen molar-refractivity contribution in [3.8, 4) is 11.5 Å². The molecular formula is C34H51N5O7. The van der Waals surface area contributed by atoms with E-state index >= 15 is 0 Å². The van der Waals surface area contributed by atoms with Crippen LogP contribution >= 0.6 is 0 Å². The number of likely N-dealkylation sites (N-methyl/N-ethyl adjacent to an activating group) is 1. The summed E-state index contributed by atoms with van der Waals surface area (Å²) in [6.45, 7) is 10.4. The number of benzene rings is 2. The molecule has 0 aliphatic carbocycles. The highest BCUT2D eigenvalue weighted by atomic mass is 16.5. The summed E-state index contributed by atoms with van der Waals surface area (Å²) >= 11 is 0. The predicted molar refractivity (Wildman–Crippen MR) is 179 cm³/mol. The van der Waals surface area contributed by atoms with Gasteiger partial charge < -0.3 is 45.1 Å². The minimum absolute atomic E-state index is 0.00650. The molecule has 254 valence electrons. The fourth-order valence-corrected chi connectivity index (χ4v) is 5.14. The third-order valence-corrected chi connectivity index (χ3v) is 7.87. The lowest BCUT2D eigenvalue weighted by molar-refractivity contribution is -0.0122. The molecule has 0 radical (unpaired) electrons. The van der Waals surface area contributed by atoms with Crippen molar-refractivity contribution in [2.45, 2.75) is 78.2 Å². The Hall–Kier alpha value is -4.03. The lowest BCUT2D eigenvalue weighted by Gasteiger charge is -2.36. The van der Waals surface area contributed by atoms with Crippen LogP contribution in [0.15, 0.2) is 42.5 Å². The molecule has 2 aromatic rings. The molecule has 0 fully saturated rings. The number of nitrogens with zero attached hydrogens (tertiary/aromatic N) is 2. The molecule has 0 saturated heterocycles. The lowest BCUT2D eigenvalue weighted by Crippen LogP contribution is -2.49. The first-order valence-electron chi connectivity index (χ1n) is 16.0. The lowest BCUT2D eigenvalue weighted by atomic mass is 10.0. The molecule has 2 aromatic carbocycles. The van der Waals surface area contributed by atoms with Crippen LogP contribution in [0, 0.1) is 5.92 Å². The maximum atomic E-state index is 14.3. The van der Waals surface area contributed by atoms with Crippen LogP contribution in [0.5, 0.6) is 11.5 Å². The Labute approximate surface area is 272 Å². The van der Waals surface area contributed by atoms with E-state index < -0.39 is 12.1 Å². The smallest absolute Gasteiger partial charge is 0.323 e. The van der Waals surface area contributed by atoms with Crippen molar-refractivity contribution in [1.29, 1.82) is 0 Å². The van der Waals surface area contributed by atoms with Crippen LogP contribution in [0.1, 0.15) is 64.2 Å². The number of methoxy groups -OCH3 is 1. The van der Waals surface area contributed by atoms with Gasteiger partial charge in [0.15, 0.2) is 0 Å². The summed E-state index contributed by atoms with van der Waals surface area (Å²) in [7, 11) is 3.30. The van der Waals surface area contributed by atoms with Gasteiger partial charge in [0.1, 0.15) is 11.5 Å². The molecule has 12 nitrogen and oxygen atoms in total. The van der Waals surface area contributed by atoms with Gasteiger partial charge in [-0.05, 0) is 89.4 Å². The molecule has 0 aromatic heterocycles.